The van der Waals surface area contributed by atoms with Crippen LogP contribution in [0.25, 0.3) is 88.4 Å². The molecule has 0 N–H and O–H groups in total. The highest BCUT2D eigenvalue weighted by molar-refractivity contribution is 6.17. The number of benzene rings is 8. The molecule has 2 heteroatoms. The van der Waals surface area contributed by atoms with Crippen LogP contribution in [0.4, 0.5) is 0 Å². The molecule has 2 aromatic heterocycles. The molecule has 0 fully saturated rings. The van der Waals surface area contributed by atoms with Gasteiger partial charge in [-0.2, -0.15) is 0 Å². The fourth-order valence-electron chi connectivity index (χ4n) is 9.26. The van der Waals surface area contributed by atoms with Crippen molar-refractivity contribution in [2.75, 3.05) is 0 Å². The Morgan fingerprint density at radius 1 is 0.340 bits per heavy atom. The van der Waals surface area contributed by atoms with Gasteiger partial charge in [-0.05, 0) is 93.0 Å². The number of hydrogen-bond acceptors (Lipinski definition) is 0. The van der Waals surface area contributed by atoms with Crippen LogP contribution in [-0.2, 0) is 5.41 Å². The normalized spacial score (nSPS) is 13.2. The summed E-state index contributed by atoms with van der Waals surface area (Å²) in [6, 6.07) is 67.1. The van der Waals surface area contributed by atoms with Crippen molar-refractivity contribution in [3.8, 4) is 44.8 Å². The van der Waals surface area contributed by atoms with Crippen LogP contribution in [-0.4, -0.2) is 9.13 Å². The fraction of sp³-hybridized carbons (Fsp3) is 0.0588. The molecule has 0 spiro atoms. The summed E-state index contributed by atoms with van der Waals surface area (Å²) in [5.41, 5.74) is 17.5. The topological polar surface area (TPSA) is 9.86 Å². The first-order chi connectivity index (χ1) is 26.1. The molecule has 0 radical (unpaired) electrons. The summed E-state index contributed by atoms with van der Waals surface area (Å²) in [4.78, 5) is 0. The van der Waals surface area contributed by atoms with Crippen LogP contribution in [0.5, 0.6) is 0 Å². The number of para-hydroxylation sites is 2. The fourth-order valence-corrected chi connectivity index (χ4v) is 9.26. The average molecular weight is 677 g/mol. The first-order valence-corrected chi connectivity index (χ1v) is 18.5. The lowest BCUT2D eigenvalue weighted by Gasteiger charge is -2.21. The van der Waals surface area contributed by atoms with Gasteiger partial charge in [0.2, 0.25) is 0 Å². The zero-order chi connectivity index (χ0) is 35.3. The van der Waals surface area contributed by atoms with Crippen molar-refractivity contribution in [1.82, 2.24) is 9.13 Å². The van der Waals surface area contributed by atoms with Gasteiger partial charge in [-0.3, -0.25) is 0 Å². The van der Waals surface area contributed by atoms with Gasteiger partial charge in [-0.1, -0.05) is 147 Å². The Balaban J connectivity index is 1.14. The van der Waals surface area contributed by atoms with E-state index in [1.807, 2.05) is 0 Å². The number of hydrogen-bond donors (Lipinski definition) is 0. The number of aromatic nitrogens is 2. The monoisotopic (exact) mass is 676 g/mol. The van der Waals surface area contributed by atoms with Gasteiger partial charge in [0.25, 0.3) is 0 Å². The van der Waals surface area contributed by atoms with Crippen LogP contribution in [0, 0.1) is 0 Å². The molecular formula is C51H36N2. The molecule has 250 valence electrons. The maximum absolute atomic E-state index is 2.47. The first kappa shape index (κ1) is 30.0. The Labute approximate surface area is 308 Å². The van der Waals surface area contributed by atoms with Gasteiger partial charge in [-0.15, -0.1) is 0 Å². The molecule has 2 heterocycles. The zero-order valence-corrected chi connectivity index (χ0v) is 29.7. The second-order valence-electron chi connectivity index (χ2n) is 15.0. The third-order valence-corrected chi connectivity index (χ3v) is 11.7. The highest BCUT2D eigenvalue weighted by atomic mass is 15.0. The minimum atomic E-state index is -0.0254. The summed E-state index contributed by atoms with van der Waals surface area (Å²) < 4.78 is 4.90. The van der Waals surface area contributed by atoms with Crippen molar-refractivity contribution in [2.24, 2.45) is 0 Å². The summed E-state index contributed by atoms with van der Waals surface area (Å²) in [5, 5.41) is 5.05. The molecule has 0 atom stereocenters. The molecule has 0 aliphatic heterocycles. The quantitative estimate of drug-likeness (QED) is 0.176. The van der Waals surface area contributed by atoms with Crippen molar-refractivity contribution >= 4 is 43.6 Å². The molecule has 0 bridgehead atoms. The van der Waals surface area contributed by atoms with E-state index in [0.717, 1.165) is 5.69 Å². The molecule has 0 saturated heterocycles. The summed E-state index contributed by atoms with van der Waals surface area (Å²) >= 11 is 0. The van der Waals surface area contributed by atoms with Gasteiger partial charge in [0, 0.05) is 38.3 Å². The zero-order valence-electron chi connectivity index (χ0n) is 29.7. The van der Waals surface area contributed by atoms with Crippen LogP contribution in [0.1, 0.15) is 25.0 Å². The average Bonchev–Trinajstić information content (AvgIpc) is 3.81. The van der Waals surface area contributed by atoms with Gasteiger partial charge in [0.1, 0.15) is 0 Å². The molecule has 0 amide bonds. The number of fused-ring (bicyclic) bond motifs is 9. The molecule has 11 rings (SSSR count). The third-order valence-electron chi connectivity index (χ3n) is 11.7. The highest BCUT2D eigenvalue weighted by Gasteiger charge is 2.35. The highest BCUT2D eigenvalue weighted by Crippen LogP contribution is 2.50. The van der Waals surface area contributed by atoms with Crippen molar-refractivity contribution in [3.05, 3.63) is 193 Å². The van der Waals surface area contributed by atoms with E-state index in [4.69, 9.17) is 0 Å². The van der Waals surface area contributed by atoms with E-state index in [2.05, 4.69) is 205 Å². The van der Waals surface area contributed by atoms with Gasteiger partial charge >= 0.3 is 0 Å². The lowest BCUT2D eigenvalue weighted by Crippen LogP contribution is -2.14. The van der Waals surface area contributed by atoms with Crippen LogP contribution >= 0.6 is 0 Å². The summed E-state index contributed by atoms with van der Waals surface area (Å²) in [5.74, 6) is 0. The van der Waals surface area contributed by atoms with Crippen LogP contribution in [0.15, 0.2) is 182 Å². The Kier molecular flexibility index (Phi) is 6.33. The lowest BCUT2D eigenvalue weighted by molar-refractivity contribution is 0.660. The SMILES string of the molecule is CC1(C)c2ccccc2-c2cc(-n3c4ccccc4c4c(-c5ccc6c7ccccc7n(-c7cccc(-c8ccccc8)c7)c6c5)cccc43)ccc21. The summed E-state index contributed by atoms with van der Waals surface area (Å²) in [6.07, 6.45) is 0. The molecule has 0 saturated carbocycles. The van der Waals surface area contributed by atoms with E-state index < -0.39 is 0 Å². The molecule has 10 aromatic rings. The molecule has 1 aliphatic carbocycles. The molecule has 2 nitrogen and oxygen atoms in total. The third kappa shape index (κ3) is 4.33. The summed E-state index contributed by atoms with van der Waals surface area (Å²) in [6.45, 7) is 4.70. The Bertz CT molecular complexity index is 3080. The molecule has 53 heavy (non-hydrogen) atoms. The van der Waals surface area contributed by atoms with E-state index >= 15 is 0 Å². The minimum absolute atomic E-state index is 0.0254. The van der Waals surface area contributed by atoms with Gasteiger partial charge < -0.3 is 9.13 Å². The molecule has 0 unspecified atom stereocenters. The smallest absolute Gasteiger partial charge is 0.0547 e. The van der Waals surface area contributed by atoms with E-state index in [1.165, 1.54) is 93.8 Å². The first-order valence-electron chi connectivity index (χ1n) is 18.5. The van der Waals surface area contributed by atoms with Gasteiger partial charge in [0.15, 0.2) is 0 Å². The second-order valence-corrected chi connectivity index (χ2v) is 15.0. The predicted molar refractivity (Wildman–Crippen MR) is 224 cm³/mol. The van der Waals surface area contributed by atoms with Crippen molar-refractivity contribution in [2.45, 2.75) is 19.3 Å². The predicted octanol–water partition coefficient (Wildman–Crippen LogP) is 13.5. The van der Waals surface area contributed by atoms with Crippen LogP contribution in [0.3, 0.4) is 0 Å². The van der Waals surface area contributed by atoms with Gasteiger partial charge in [-0.25, -0.2) is 0 Å². The maximum atomic E-state index is 2.47. The summed E-state index contributed by atoms with van der Waals surface area (Å²) in [7, 11) is 0. The minimum Gasteiger partial charge on any atom is -0.309 e. The Morgan fingerprint density at radius 2 is 0.943 bits per heavy atom. The molecule has 1 aliphatic rings. The lowest BCUT2D eigenvalue weighted by atomic mass is 9.82. The maximum Gasteiger partial charge on any atom is 0.0547 e. The van der Waals surface area contributed by atoms with Crippen molar-refractivity contribution in [3.63, 3.8) is 0 Å². The van der Waals surface area contributed by atoms with Gasteiger partial charge in [0.05, 0.1) is 22.1 Å². The van der Waals surface area contributed by atoms with Crippen molar-refractivity contribution < 1.29 is 0 Å². The second kappa shape index (κ2) is 11.2. The Morgan fingerprint density at radius 3 is 1.81 bits per heavy atom. The number of rotatable bonds is 4. The van der Waals surface area contributed by atoms with Crippen LogP contribution in [0.2, 0.25) is 0 Å². The Hall–Kier alpha value is -6.64. The molecule has 8 aromatic carbocycles. The van der Waals surface area contributed by atoms with E-state index in [9.17, 15) is 0 Å². The number of nitrogens with zero attached hydrogens (tertiary/aromatic N) is 2. The van der Waals surface area contributed by atoms with Crippen LogP contribution < -0.4 is 0 Å². The molecular weight excluding hydrogens is 641 g/mol. The van der Waals surface area contributed by atoms with Crippen molar-refractivity contribution in [1.29, 1.82) is 0 Å². The van der Waals surface area contributed by atoms with E-state index in [1.54, 1.807) is 0 Å². The largest absolute Gasteiger partial charge is 0.309 e. The van der Waals surface area contributed by atoms with E-state index in [-0.39, 0.29) is 5.41 Å². The van der Waals surface area contributed by atoms with E-state index in [0.29, 0.717) is 0 Å². The standard InChI is InChI=1S/C51H36N2/c1-51(2)44-22-9-6-18-39(44)43-32-37(27-29-45(43)51)52-47-24-11-8-20-42(47)50-38(21-13-25-48(50)52)35-26-28-41-40-19-7-10-23-46(40)53(49(41)31-35)36-17-12-16-34(30-36)33-14-4-3-5-15-33/h3-32H,1-2H3.